The van der Waals surface area contributed by atoms with Crippen LogP contribution in [0.3, 0.4) is 0 Å². The van der Waals surface area contributed by atoms with Crippen LogP contribution in [0.4, 0.5) is 0 Å². The Kier molecular flexibility index (Phi) is 3.41. The normalized spacial score (nSPS) is 9.00. The molecule has 0 spiro atoms. The number of hydrogen-bond donors (Lipinski definition) is 2. The molecule has 0 heterocycles. The van der Waals surface area contributed by atoms with Crippen LogP contribution in [0.15, 0.2) is 24.3 Å². The maximum absolute atomic E-state index is 11.3. The zero-order valence-electron chi connectivity index (χ0n) is 7.73. The Hall–Kier alpha value is -2.35. The lowest BCUT2D eigenvalue weighted by Crippen LogP contribution is -2.29. The van der Waals surface area contributed by atoms with Crippen LogP contribution in [0.2, 0.25) is 0 Å². The van der Waals surface area contributed by atoms with Gasteiger partial charge in [-0.25, -0.2) is 0 Å². The van der Waals surface area contributed by atoms with Gasteiger partial charge in [0.15, 0.2) is 0 Å². The van der Waals surface area contributed by atoms with Gasteiger partial charge in [-0.2, -0.15) is 5.26 Å². The molecule has 0 saturated heterocycles. The standard InChI is InChI=1S/C10H8N2O3/c11-5-7-1-3-8(4-2-7)10(15)12-6-9(13)14/h1-4H,6H2,(H,12,15)(H,13,14). The molecule has 0 aromatic heterocycles. The number of carbonyl (C=O) groups is 2. The van der Waals surface area contributed by atoms with Crippen LogP contribution in [-0.4, -0.2) is 23.5 Å². The lowest BCUT2D eigenvalue weighted by Gasteiger charge is -2.01. The van der Waals surface area contributed by atoms with Crippen molar-refractivity contribution in [2.24, 2.45) is 0 Å². The van der Waals surface area contributed by atoms with Crippen LogP contribution >= 0.6 is 0 Å². The van der Waals surface area contributed by atoms with E-state index in [1.165, 1.54) is 24.3 Å². The average molecular weight is 204 g/mol. The molecule has 5 nitrogen and oxygen atoms in total. The van der Waals surface area contributed by atoms with Crippen molar-refractivity contribution in [3.8, 4) is 6.07 Å². The maximum Gasteiger partial charge on any atom is 0.322 e. The smallest absolute Gasteiger partial charge is 0.322 e. The molecule has 0 aliphatic rings. The van der Waals surface area contributed by atoms with Crippen LogP contribution in [0, 0.1) is 11.3 Å². The van der Waals surface area contributed by atoms with E-state index >= 15 is 0 Å². The molecule has 0 unspecified atom stereocenters. The molecule has 1 aromatic rings. The molecule has 2 N–H and O–H groups in total. The van der Waals surface area contributed by atoms with Gasteiger partial charge in [0.25, 0.3) is 5.91 Å². The first-order valence-electron chi connectivity index (χ1n) is 4.13. The molecule has 0 fully saturated rings. The molecule has 0 aliphatic heterocycles. The number of rotatable bonds is 3. The minimum absolute atomic E-state index is 0.329. The summed E-state index contributed by atoms with van der Waals surface area (Å²) in [6.45, 7) is -0.418. The number of carboxylic acid groups (broad SMARTS) is 1. The number of amides is 1. The van der Waals surface area contributed by atoms with Gasteiger partial charge in [-0.3, -0.25) is 9.59 Å². The summed E-state index contributed by atoms with van der Waals surface area (Å²) in [5.41, 5.74) is 0.778. The van der Waals surface area contributed by atoms with Gasteiger partial charge in [-0.05, 0) is 24.3 Å². The first-order valence-corrected chi connectivity index (χ1v) is 4.13. The predicted molar refractivity (Wildman–Crippen MR) is 51.1 cm³/mol. The molecule has 0 bridgehead atoms. The Morgan fingerprint density at radius 1 is 1.33 bits per heavy atom. The summed E-state index contributed by atoms with van der Waals surface area (Å²) in [5.74, 6) is -1.57. The van der Waals surface area contributed by atoms with Gasteiger partial charge < -0.3 is 10.4 Å². The highest BCUT2D eigenvalue weighted by Crippen LogP contribution is 2.02. The molecule has 76 valence electrons. The van der Waals surface area contributed by atoms with E-state index in [0.717, 1.165) is 0 Å². The molecule has 0 atom stereocenters. The zero-order chi connectivity index (χ0) is 11.3. The second-order valence-corrected chi connectivity index (χ2v) is 2.77. The number of nitrogens with zero attached hydrogens (tertiary/aromatic N) is 1. The lowest BCUT2D eigenvalue weighted by atomic mass is 10.1. The Bertz CT molecular complexity index is 417. The van der Waals surface area contributed by atoms with Crippen molar-refractivity contribution >= 4 is 11.9 Å². The van der Waals surface area contributed by atoms with E-state index in [2.05, 4.69) is 5.32 Å². The largest absolute Gasteiger partial charge is 0.480 e. The quantitative estimate of drug-likeness (QED) is 0.744. The molecule has 0 saturated carbocycles. The van der Waals surface area contributed by atoms with Gasteiger partial charge in [-0.15, -0.1) is 0 Å². The van der Waals surface area contributed by atoms with Crippen LogP contribution in [0.25, 0.3) is 0 Å². The SMILES string of the molecule is N#Cc1ccc(C(=O)NCC(=O)O)cc1. The second kappa shape index (κ2) is 4.77. The number of carbonyl (C=O) groups excluding carboxylic acids is 1. The average Bonchev–Trinajstić information content (AvgIpc) is 2.26. The fraction of sp³-hybridized carbons (Fsp3) is 0.100. The molecule has 0 radical (unpaired) electrons. The fourth-order valence-electron chi connectivity index (χ4n) is 0.954. The lowest BCUT2D eigenvalue weighted by molar-refractivity contribution is -0.135. The van der Waals surface area contributed by atoms with E-state index in [9.17, 15) is 9.59 Å². The van der Waals surface area contributed by atoms with E-state index < -0.39 is 18.4 Å². The topological polar surface area (TPSA) is 90.2 Å². The van der Waals surface area contributed by atoms with Gasteiger partial charge in [-0.1, -0.05) is 0 Å². The minimum atomic E-state index is -1.10. The number of carboxylic acids is 1. The molecule has 1 amide bonds. The summed E-state index contributed by atoms with van der Waals surface area (Å²) in [6, 6.07) is 7.84. The number of hydrogen-bond acceptors (Lipinski definition) is 3. The number of aliphatic carboxylic acids is 1. The molecule has 1 aromatic carbocycles. The van der Waals surface area contributed by atoms with E-state index in [1.54, 1.807) is 0 Å². The molecular weight excluding hydrogens is 196 g/mol. The Labute approximate surface area is 86.0 Å². The van der Waals surface area contributed by atoms with E-state index in [-0.39, 0.29) is 0 Å². The molecule has 0 aliphatic carbocycles. The summed E-state index contributed by atoms with van der Waals surface area (Å²) < 4.78 is 0. The summed E-state index contributed by atoms with van der Waals surface area (Å²) in [5, 5.41) is 19.1. The van der Waals surface area contributed by atoms with Crippen LogP contribution in [-0.2, 0) is 4.79 Å². The van der Waals surface area contributed by atoms with Gasteiger partial charge in [0.2, 0.25) is 0 Å². The zero-order valence-corrected chi connectivity index (χ0v) is 7.73. The molecule has 1 rings (SSSR count). The van der Waals surface area contributed by atoms with E-state index in [0.29, 0.717) is 11.1 Å². The van der Waals surface area contributed by atoms with Crippen LogP contribution in [0.1, 0.15) is 15.9 Å². The summed E-state index contributed by atoms with van der Waals surface area (Å²) >= 11 is 0. The fourth-order valence-corrected chi connectivity index (χ4v) is 0.954. The van der Waals surface area contributed by atoms with Crippen molar-refractivity contribution in [2.45, 2.75) is 0 Å². The van der Waals surface area contributed by atoms with Crippen molar-refractivity contribution < 1.29 is 14.7 Å². The van der Waals surface area contributed by atoms with Crippen LogP contribution in [0.5, 0.6) is 0 Å². The Morgan fingerprint density at radius 3 is 2.40 bits per heavy atom. The number of nitriles is 1. The van der Waals surface area contributed by atoms with Crippen molar-refractivity contribution in [1.82, 2.24) is 5.32 Å². The van der Waals surface area contributed by atoms with Crippen molar-refractivity contribution in [3.63, 3.8) is 0 Å². The highest BCUT2D eigenvalue weighted by Gasteiger charge is 2.06. The van der Waals surface area contributed by atoms with Gasteiger partial charge in [0.1, 0.15) is 6.54 Å². The number of nitrogens with one attached hydrogen (secondary N) is 1. The van der Waals surface area contributed by atoms with Crippen LogP contribution < -0.4 is 5.32 Å². The maximum atomic E-state index is 11.3. The first-order chi connectivity index (χ1) is 7.13. The van der Waals surface area contributed by atoms with Gasteiger partial charge >= 0.3 is 5.97 Å². The first kappa shape index (κ1) is 10.7. The summed E-state index contributed by atoms with van der Waals surface area (Å²) in [7, 11) is 0. The van der Waals surface area contributed by atoms with Gasteiger partial charge in [0.05, 0.1) is 11.6 Å². The molecule has 5 heteroatoms. The van der Waals surface area contributed by atoms with E-state index in [4.69, 9.17) is 10.4 Å². The third kappa shape index (κ3) is 3.12. The summed E-state index contributed by atoms with van der Waals surface area (Å²) in [4.78, 5) is 21.5. The van der Waals surface area contributed by atoms with Crippen molar-refractivity contribution in [2.75, 3.05) is 6.54 Å². The Balaban J connectivity index is 2.67. The Morgan fingerprint density at radius 2 is 1.93 bits per heavy atom. The third-order valence-electron chi connectivity index (χ3n) is 1.68. The number of benzene rings is 1. The summed E-state index contributed by atoms with van der Waals surface area (Å²) in [6.07, 6.45) is 0. The monoisotopic (exact) mass is 204 g/mol. The molecule has 15 heavy (non-hydrogen) atoms. The third-order valence-corrected chi connectivity index (χ3v) is 1.68. The van der Waals surface area contributed by atoms with Crippen molar-refractivity contribution in [3.05, 3.63) is 35.4 Å². The highest BCUT2D eigenvalue weighted by atomic mass is 16.4. The predicted octanol–water partition coefficient (Wildman–Crippen LogP) is 0.373. The molecular formula is C10H8N2O3. The van der Waals surface area contributed by atoms with Gasteiger partial charge in [0, 0.05) is 5.56 Å². The van der Waals surface area contributed by atoms with Crippen molar-refractivity contribution in [1.29, 1.82) is 5.26 Å². The minimum Gasteiger partial charge on any atom is -0.480 e. The second-order valence-electron chi connectivity index (χ2n) is 2.77. The highest BCUT2D eigenvalue weighted by molar-refractivity contribution is 5.95. The van der Waals surface area contributed by atoms with E-state index in [1.807, 2.05) is 6.07 Å².